The number of hydrogen-bond donors (Lipinski definition) is 2. The Morgan fingerprint density at radius 3 is 2.75 bits per heavy atom. The maximum absolute atomic E-state index is 12.4. The minimum atomic E-state index is -1.07. The van der Waals surface area contributed by atoms with E-state index in [1.807, 2.05) is 0 Å². The van der Waals surface area contributed by atoms with E-state index in [1.54, 1.807) is 13.0 Å². The predicted molar refractivity (Wildman–Crippen MR) is 85.3 cm³/mol. The first-order chi connectivity index (χ1) is 11.5. The van der Waals surface area contributed by atoms with Crippen LogP contribution >= 0.6 is 0 Å². The lowest BCUT2D eigenvalue weighted by molar-refractivity contribution is 0.0696. The number of carboxylic acid groups (broad SMARTS) is 1. The van der Waals surface area contributed by atoms with Gasteiger partial charge in [0.25, 0.3) is 5.91 Å². The molecule has 126 valence electrons. The van der Waals surface area contributed by atoms with Gasteiger partial charge in [0, 0.05) is 18.7 Å². The fourth-order valence-corrected chi connectivity index (χ4v) is 2.46. The molecule has 3 rings (SSSR count). The van der Waals surface area contributed by atoms with Crippen LogP contribution in [0.5, 0.6) is 0 Å². The summed E-state index contributed by atoms with van der Waals surface area (Å²) in [4.78, 5) is 27.9. The number of benzene rings is 1. The van der Waals surface area contributed by atoms with E-state index in [4.69, 9.17) is 9.15 Å². The number of nitrogens with one attached hydrogen (secondary N) is 1. The van der Waals surface area contributed by atoms with Crippen molar-refractivity contribution in [3.8, 4) is 0 Å². The Kier molecular flexibility index (Phi) is 4.35. The monoisotopic (exact) mass is 330 g/mol. The summed E-state index contributed by atoms with van der Waals surface area (Å²) in [5, 5.41) is 11.9. The molecule has 2 N–H and O–H groups in total. The van der Waals surface area contributed by atoms with Gasteiger partial charge >= 0.3 is 5.97 Å². The maximum Gasteiger partial charge on any atom is 0.335 e. The minimum Gasteiger partial charge on any atom is -0.478 e. The van der Waals surface area contributed by atoms with E-state index < -0.39 is 11.9 Å². The molecule has 0 aliphatic heterocycles. The molecule has 24 heavy (non-hydrogen) atoms. The molecule has 2 aromatic rings. The Bertz CT molecular complexity index is 792. The Balaban J connectivity index is 1.84. The highest BCUT2D eigenvalue weighted by Gasteiger charge is 2.31. The molecule has 0 spiro atoms. The molecular formula is C17H18N2O5. The van der Waals surface area contributed by atoms with Crippen molar-refractivity contribution in [1.82, 2.24) is 4.98 Å². The molecule has 7 nitrogen and oxygen atoms in total. The van der Waals surface area contributed by atoms with E-state index in [2.05, 4.69) is 10.3 Å². The summed E-state index contributed by atoms with van der Waals surface area (Å²) in [5.74, 6) is -0.454. The largest absolute Gasteiger partial charge is 0.478 e. The average Bonchev–Trinajstić information content (AvgIpc) is 3.30. The van der Waals surface area contributed by atoms with Crippen LogP contribution in [0.1, 0.15) is 56.8 Å². The summed E-state index contributed by atoms with van der Waals surface area (Å²) in [6.45, 7) is 1.96. The molecule has 0 unspecified atom stereocenters. The highest BCUT2D eigenvalue weighted by Crippen LogP contribution is 2.40. The third-order valence-corrected chi connectivity index (χ3v) is 3.75. The third kappa shape index (κ3) is 3.46. The number of aryl methyl sites for hydroxylation is 1. The van der Waals surface area contributed by atoms with Crippen molar-refractivity contribution < 1.29 is 23.8 Å². The number of aromatic carboxylic acids is 1. The van der Waals surface area contributed by atoms with Gasteiger partial charge in [-0.05, 0) is 43.5 Å². The van der Waals surface area contributed by atoms with Gasteiger partial charge < -0.3 is 19.6 Å². The highest BCUT2D eigenvalue weighted by molar-refractivity contribution is 6.03. The van der Waals surface area contributed by atoms with Crippen LogP contribution in [0.15, 0.2) is 22.6 Å². The van der Waals surface area contributed by atoms with Crippen LogP contribution in [-0.2, 0) is 11.3 Å². The number of methoxy groups -OCH3 is 1. The van der Waals surface area contributed by atoms with E-state index in [0.29, 0.717) is 28.8 Å². The second-order valence-corrected chi connectivity index (χ2v) is 5.85. The summed E-state index contributed by atoms with van der Waals surface area (Å²) < 4.78 is 10.6. The van der Waals surface area contributed by atoms with E-state index in [9.17, 15) is 14.7 Å². The van der Waals surface area contributed by atoms with Gasteiger partial charge in [-0.25, -0.2) is 9.78 Å². The molecule has 0 atom stereocenters. The van der Waals surface area contributed by atoms with Gasteiger partial charge in [-0.1, -0.05) is 0 Å². The van der Waals surface area contributed by atoms with Crippen molar-refractivity contribution in [3.63, 3.8) is 0 Å². The lowest BCUT2D eigenvalue weighted by Crippen LogP contribution is -2.13. The average molecular weight is 330 g/mol. The molecule has 0 radical (unpaired) electrons. The normalized spacial score (nSPS) is 13.8. The molecule has 1 fully saturated rings. The molecule has 1 saturated carbocycles. The molecule has 1 aliphatic rings. The van der Waals surface area contributed by atoms with Gasteiger partial charge in [-0.2, -0.15) is 0 Å². The van der Waals surface area contributed by atoms with Gasteiger partial charge in [-0.3, -0.25) is 4.79 Å². The summed E-state index contributed by atoms with van der Waals surface area (Å²) in [5.41, 5.74) is 1.63. The number of aromatic nitrogens is 1. The van der Waals surface area contributed by atoms with Crippen LogP contribution in [0.3, 0.4) is 0 Å². The van der Waals surface area contributed by atoms with Gasteiger partial charge in [0.05, 0.1) is 17.9 Å². The van der Waals surface area contributed by atoms with Gasteiger partial charge in [-0.15, -0.1) is 0 Å². The summed E-state index contributed by atoms with van der Waals surface area (Å²) in [6.07, 6.45) is 2.06. The van der Waals surface area contributed by atoms with Crippen LogP contribution in [0.2, 0.25) is 0 Å². The topological polar surface area (TPSA) is 102 Å². The SMILES string of the molecule is COCc1cc(NC(=O)c2oc(C3CC3)nc2C)cc(C(=O)O)c1. The molecule has 7 heteroatoms. The van der Waals surface area contributed by atoms with Crippen molar-refractivity contribution in [2.24, 2.45) is 0 Å². The molecule has 0 bridgehead atoms. The second-order valence-electron chi connectivity index (χ2n) is 5.85. The summed E-state index contributed by atoms with van der Waals surface area (Å²) in [6, 6.07) is 4.57. The van der Waals surface area contributed by atoms with Crippen LogP contribution < -0.4 is 5.32 Å². The molecule has 1 aromatic heterocycles. The van der Waals surface area contributed by atoms with Crippen LogP contribution in [0, 0.1) is 6.92 Å². The molecule has 0 saturated heterocycles. The van der Waals surface area contributed by atoms with Crippen molar-refractivity contribution >= 4 is 17.6 Å². The standard InChI is InChI=1S/C17H18N2O5/c1-9-14(24-16(18-9)11-3-4-11)15(20)19-13-6-10(8-23-2)5-12(7-13)17(21)22/h5-7,11H,3-4,8H2,1-2H3,(H,19,20)(H,21,22). The number of ether oxygens (including phenoxy) is 1. The smallest absolute Gasteiger partial charge is 0.335 e. The van der Waals surface area contributed by atoms with Crippen LogP contribution in [-0.4, -0.2) is 29.1 Å². The Hall–Kier alpha value is -2.67. The van der Waals surface area contributed by atoms with E-state index in [1.165, 1.54) is 19.2 Å². The highest BCUT2D eigenvalue weighted by atomic mass is 16.5. The van der Waals surface area contributed by atoms with Crippen LogP contribution in [0.25, 0.3) is 0 Å². The fourth-order valence-electron chi connectivity index (χ4n) is 2.46. The first-order valence-corrected chi connectivity index (χ1v) is 7.63. The van der Waals surface area contributed by atoms with Crippen molar-refractivity contribution in [1.29, 1.82) is 0 Å². The number of amides is 1. The molecular weight excluding hydrogens is 312 g/mol. The van der Waals surface area contributed by atoms with Gasteiger partial charge in [0.1, 0.15) is 0 Å². The Labute approximate surface area is 138 Å². The van der Waals surface area contributed by atoms with Crippen molar-refractivity contribution in [2.45, 2.75) is 32.3 Å². The fraction of sp³-hybridized carbons (Fsp3) is 0.353. The molecule has 1 heterocycles. The lowest BCUT2D eigenvalue weighted by atomic mass is 10.1. The Morgan fingerprint density at radius 1 is 1.38 bits per heavy atom. The zero-order valence-corrected chi connectivity index (χ0v) is 13.5. The van der Waals surface area contributed by atoms with Gasteiger partial charge in [0.2, 0.25) is 5.76 Å². The van der Waals surface area contributed by atoms with Gasteiger partial charge in [0.15, 0.2) is 5.89 Å². The predicted octanol–water partition coefficient (Wildman–Crippen LogP) is 2.96. The first kappa shape index (κ1) is 16.2. The number of oxazole rings is 1. The van der Waals surface area contributed by atoms with E-state index in [-0.39, 0.29) is 17.9 Å². The zero-order valence-electron chi connectivity index (χ0n) is 13.5. The number of hydrogen-bond acceptors (Lipinski definition) is 5. The first-order valence-electron chi connectivity index (χ1n) is 7.63. The number of carbonyl (C=O) groups excluding carboxylic acids is 1. The minimum absolute atomic E-state index is 0.0767. The van der Waals surface area contributed by atoms with E-state index in [0.717, 1.165) is 12.8 Å². The molecule has 1 aliphatic carbocycles. The number of carboxylic acids is 1. The summed E-state index contributed by atoms with van der Waals surface area (Å²) in [7, 11) is 1.52. The Morgan fingerprint density at radius 2 is 2.12 bits per heavy atom. The van der Waals surface area contributed by atoms with Crippen molar-refractivity contribution in [2.75, 3.05) is 12.4 Å². The molecule has 1 aromatic carbocycles. The third-order valence-electron chi connectivity index (χ3n) is 3.75. The number of anilines is 1. The number of carbonyl (C=O) groups is 2. The number of nitrogens with zero attached hydrogens (tertiary/aromatic N) is 1. The summed E-state index contributed by atoms with van der Waals surface area (Å²) >= 11 is 0. The molecule has 1 amide bonds. The lowest BCUT2D eigenvalue weighted by Gasteiger charge is -2.08. The van der Waals surface area contributed by atoms with E-state index >= 15 is 0 Å². The quantitative estimate of drug-likeness (QED) is 0.844. The zero-order chi connectivity index (χ0) is 17.3. The second kappa shape index (κ2) is 6.45. The maximum atomic E-state index is 12.4. The van der Waals surface area contributed by atoms with Crippen LogP contribution in [0.4, 0.5) is 5.69 Å². The van der Waals surface area contributed by atoms with Crippen molar-refractivity contribution in [3.05, 3.63) is 46.7 Å². The number of rotatable bonds is 6.